The minimum atomic E-state index is -0.752. The van der Waals surface area contributed by atoms with Crippen LogP contribution in [0.4, 0.5) is 0 Å². The molecule has 1 N–H and O–H groups in total. The summed E-state index contributed by atoms with van der Waals surface area (Å²) < 4.78 is 13.1. The second-order valence-electron chi connectivity index (χ2n) is 6.27. The normalized spacial score (nSPS) is 11.0. The van der Waals surface area contributed by atoms with Gasteiger partial charge in [0, 0.05) is 22.5 Å². The number of rotatable bonds is 5. The van der Waals surface area contributed by atoms with Gasteiger partial charge in [-0.05, 0) is 52.3 Å². The van der Waals surface area contributed by atoms with Crippen LogP contribution in [-0.2, 0) is 6.54 Å². The lowest BCUT2D eigenvalue weighted by Gasteiger charge is -2.08. The Bertz CT molecular complexity index is 1360. The van der Waals surface area contributed by atoms with Crippen molar-refractivity contribution in [1.29, 1.82) is 0 Å². The van der Waals surface area contributed by atoms with Crippen molar-refractivity contribution in [3.05, 3.63) is 84.0 Å². The Kier molecular flexibility index (Phi) is 5.69. The largest absolute Gasteiger partial charge is 0.463 e. The van der Waals surface area contributed by atoms with E-state index in [-0.39, 0.29) is 24.2 Å². The summed E-state index contributed by atoms with van der Waals surface area (Å²) in [5.74, 6) is -0.0733. The summed E-state index contributed by atoms with van der Waals surface area (Å²) in [7, 11) is 0. The van der Waals surface area contributed by atoms with Gasteiger partial charge in [0.2, 0.25) is 0 Å². The average molecular weight is 535 g/mol. The molecule has 8 nitrogen and oxygen atoms in total. The second kappa shape index (κ2) is 8.41. The molecule has 0 aliphatic heterocycles. The highest BCUT2D eigenvalue weighted by molar-refractivity contribution is 9.11. The lowest BCUT2D eigenvalue weighted by molar-refractivity contribution is 0.0948. The van der Waals surface area contributed by atoms with Crippen LogP contribution in [0.5, 0.6) is 0 Å². The van der Waals surface area contributed by atoms with E-state index < -0.39 is 11.5 Å². The number of amides is 1. The van der Waals surface area contributed by atoms with Crippen LogP contribution in [-0.4, -0.2) is 22.2 Å². The van der Waals surface area contributed by atoms with Crippen LogP contribution in [0.1, 0.15) is 10.4 Å². The van der Waals surface area contributed by atoms with Crippen LogP contribution in [0.15, 0.2) is 76.1 Å². The number of hydrogen-bond acceptors (Lipinski definition) is 6. The molecule has 0 bridgehead atoms. The molecule has 0 fully saturated rings. The maximum atomic E-state index is 12.5. The molecule has 0 unspecified atom stereocenters. The highest BCUT2D eigenvalue weighted by atomic mass is 79.9. The summed E-state index contributed by atoms with van der Waals surface area (Å²) in [5, 5.41) is 7.44. The topological polar surface area (TPSA) is 107 Å². The first kappa shape index (κ1) is 20.3. The van der Waals surface area contributed by atoms with Gasteiger partial charge >= 0.3 is 5.63 Å². The molecule has 152 valence electrons. The predicted molar refractivity (Wildman–Crippen MR) is 116 cm³/mol. The number of benzene rings is 1. The zero-order valence-electron chi connectivity index (χ0n) is 15.2. The number of carbonyl (C=O) groups excluding carboxylic acids is 1. The number of nitrogens with one attached hydrogen (secondary N) is 1. The minimum absolute atomic E-state index is 0.0903. The van der Waals surface area contributed by atoms with Gasteiger partial charge in [0.1, 0.15) is 11.3 Å². The fraction of sp³-hybridized carbons (Fsp3) is 0.100. The molecule has 1 amide bonds. The van der Waals surface area contributed by atoms with Crippen LogP contribution in [0, 0.1) is 0 Å². The molecule has 3 aromatic heterocycles. The first-order valence-electron chi connectivity index (χ1n) is 8.75. The molecule has 30 heavy (non-hydrogen) atoms. The van der Waals surface area contributed by atoms with Gasteiger partial charge in [-0.1, -0.05) is 15.9 Å². The van der Waals surface area contributed by atoms with Crippen molar-refractivity contribution in [3.8, 4) is 11.5 Å². The van der Waals surface area contributed by atoms with E-state index in [4.69, 9.17) is 8.83 Å². The van der Waals surface area contributed by atoms with Crippen LogP contribution >= 0.6 is 31.9 Å². The quantitative estimate of drug-likeness (QED) is 0.392. The standard InChI is InChI=1S/C20H13Br2N3O5/c21-12-8-11-9-13(20(28)30-18(11)14(22)10-12)19(27)23-5-6-25-17(26)4-3-15(24-25)16-2-1-7-29-16/h1-4,7-10H,5-6H2,(H,23,27). The van der Waals surface area contributed by atoms with E-state index in [1.165, 1.54) is 23.1 Å². The molecule has 1 aromatic carbocycles. The summed E-state index contributed by atoms with van der Waals surface area (Å²) in [5.41, 5.74) is -0.350. The molecule has 0 saturated carbocycles. The Morgan fingerprint density at radius 2 is 1.97 bits per heavy atom. The van der Waals surface area contributed by atoms with E-state index in [9.17, 15) is 14.4 Å². The maximum Gasteiger partial charge on any atom is 0.349 e. The number of fused-ring (bicyclic) bond motifs is 1. The molecule has 0 aliphatic rings. The third-order valence-corrected chi connectivity index (χ3v) is 5.29. The Hall–Kier alpha value is -2.98. The van der Waals surface area contributed by atoms with Crippen molar-refractivity contribution in [2.75, 3.05) is 6.54 Å². The van der Waals surface area contributed by atoms with Crippen molar-refractivity contribution in [3.63, 3.8) is 0 Å². The molecule has 0 radical (unpaired) electrons. The lowest BCUT2D eigenvalue weighted by Crippen LogP contribution is -2.33. The van der Waals surface area contributed by atoms with E-state index in [1.807, 2.05) is 0 Å². The minimum Gasteiger partial charge on any atom is -0.463 e. The molecule has 4 aromatic rings. The molecule has 0 aliphatic carbocycles. The number of aromatic nitrogens is 2. The highest BCUT2D eigenvalue weighted by Gasteiger charge is 2.15. The first-order chi connectivity index (χ1) is 14.4. The van der Waals surface area contributed by atoms with Crippen LogP contribution in [0.25, 0.3) is 22.4 Å². The van der Waals surface area contributed by atoms with Crippen molar-refractivity contribution < 1.29 is 13.6 Å². The van der Waals surface area contributed by atoms with Gasteiger partial charge in [-0.15, -0.1) is 0 Å². The fourth-order valence-corrected chi connectivity index (χ4v) is 4.19. The summed E-state index contributed by atoms with van der Waals surface area (Å²) in [6, 6.07) is 11.3. The Morgan fingerprint density at radius 3 is 2.73 bits per heavy atom. The Labute approximate surface area is 185 Å². The van der Waals surface area contributed by atoms with Crippen molar-refractivity contribution in [1.82, 2.24) is 15.1 Å². The smallest absolute Gasteiger partial charge is 0.349 e. The van der Waals surface area contributed by atoms with Gasteiger partial charge in [-0.25, -0.2) is 9.48 Å². The van der Waals surface area contributed by atoms with Gasteiger partial charge in [0.15, 0.2) is 11.3 Å². The zero-order valence-corrected chi connectivity index (χ0v) is 18.4. The van der Waals surface area contributed by atoms with Gasteiger partial charge in [0.25, 0.3) is 11.5 Å². The number of halogens is 2. The third-order valence-electron chi connectivity index (χ3n) is 4.25. The molecule has 0 spiro atoms. The van der Waals surface area contributed by atoms with Crippen molar-refractivity contribution >= 4 is 48.7 Å². The van der Waals surface area contributed by atoms with Gasteiger partial charge in [-0.3, -0.25) is 9.59 Å². The number of furan rings is 1. The van der Waals surface area contributed by atoms with E-state index in [2.05, 4.69) is 42.3 Å². The van der Waals surface area contributed by atoms with E-state index >= 15 is 0 Å². The molecule has 3 heterocycles. The Balaban J connectivity index is 1.51. The third kappa shape index (κ3) is 4.14. The molecular formula is C20H13Br2N3O5. The number of carbonyl (C=O) groups is 1. The average Bonchev–Trinajstić information content (AvgIpc) is 3.24. The predicted octanol–water partition coefficient (Wildman–Crippen LogP) is 3.56. The zero-order chi connectivity index (χ0) is 21.3. The summed E-state index contributed by atoms with van der Waals surface area (Å²) >= 11 is 6.69. The molecule has 0 atom stereocenters. The molecular weight excluding hydrogens is 522 g/mol. The maximum absolute atomic E-state index is 12.5. The highest BCUT2D eigenvalue weighted by Crippen LogP contribution is 2.28. The summed E-state index contributed by atoms with van der Waals surface area (Å²) in [4.78, 5) is 36.8. The van der Waals surface area contributed by atoms with Crippen LogP contribution in [0.3, 0.4) is 0 Å². The molecule has 4 rings (SSSR count). The van der Waals surface area contributed by atoms with E-state index in [0.29, 0.717) is 26.9 Å². The van der Waals surface area contributed by atoms with Gasteiger partial charge in [0.05, 0.1) is 17.3 Å². The summed E-state index contributed by atoms with van der Waals surface area (Å²) in [6.07, 6.45) is 1.51. The van der Waals surface area contributed by atoms with Gasteiger partial charge < -0.3 is 14.2 Å². The van der Waals surface area contributed by atoms with E-state index in [1.54, 1.807) is 30.3 Å². The van der Waals surface area contributed by atoms with Crippen molar-refractivity contribution in [2.45, 2.75) is 6.54 Å². The van der Waals surface area contributed by atoms with Crippen molar-refractivity contribution in [2.24, 2.45) is 0 Å². The molecule has 10 heteroatoms. The fourth-order valence-electron chi connectivity index (χ4n) is 2.85. The monoisotopic (exact) mass is 533 g/mol. The molecule has 0 saturated heterocycles. The summed E-state index contributed by atoms with van der Waals surface area (Å²) in [6.45, 7) is 0.210. The van der Waals surface area contributed by atoms with Crippen LogP contribution in [0.2, 0.25) is 0 Å². The SMILES string of the molecule is O=C(NCCn1nc(-c2ccco2)ccc1=O)c1cc2cc(Br)cc(Br)c2oc1=O. The first-order valence-corrected chi connectivity index (χ1v) is 10.3. The number of hydrogen-bond donors (Lipinski definition) is 1. The van der Waals surface area contributed by atoms with Gasteiger partial charge in [-0.2, -0.15) is 5.10 Å². The number of nitrogens with zero attached hydrogens (tertiary/aromatic N) is 2. The second-order valence-corrected chi connectivity index (χ2v) is 8.04. The van der Waals surface area contributed by atoms with Crippen LogP contribution < -0.4 is 16.5 Å². The Morgan fingerprint density at radius 1 is 1.13 bits per heavy atom. The van der Waals surface area contributed by atoms with E-state index in [0.717, 1.165) is 4.47 Å². The lowest BCUT2D eigenvalue weighted by atomic mass is 10.2.